The summed E-state index contributed by atoms with van der Waals surface area (Å²) in [6, 6.07) is 23.6. The summed E-state index contributed by atoms with van der Waals surface area (Å²) in [5.41, 5.74) is 3.84. The molecule has 1 atom stereocenters. The van der Waals surface area contributed by atoms with Crippen LogP contribution < -0.4 is 10.2 Å². The van der Waals surface area contributed by atoms with Gasteiger partial charge in [0.15, 0.2) is 0 Å². The molecular formula is C27H29N5O3. The molecule has 2 amide bonds. The molecule has 35 heavy (non-hydrogen) atoms. The number of hydrogen-bond donors (Lipinski definition) is 1. The average molecular weight is 472 g/mol. The maximum Gasteiger partial charge on any atom is 0.249 e. The van der Waals surface area contributed by atoms with Gasteiger partial charge in [-0.25, -0.2) is 4.68 Å². The predicted octanol–water partition coefficient (Wildman–Crippen LogP) is 3.53. The minimum absolute atomic E-state index is 0.0623. The van der Waals surface area contributed by atoms with Crippen molar-refractivity contribution in [1.29, 1.82) is 0 Å². The van der Waals surface area contributed by atoms with Crippen molar-refractivity contribution in [3.05, 3.63) is 90.0 Å². The standard InChI is InChI=1S/C27H29N5O3/c1-3-20-11-7-9-15-23(20)32(25(33)19-31-24-16-10-8-14-22(24)29-30-31)26(21-12-5-4-6-13-21)27(34)28-17-18-35-2/h4-16,26H,3,17-19H2,1-2H3,(H,28,34). The Hall–Kier alpha value is -4.04. The number of para-hydroxylation sites is 2. The second-order valence-electron chi connectivity index (χ2n) is 8.08. The molecule has 0 saturated heterocycles. The van der Waals surface area contributed by atoms with E-state index in [2.05, 4.69) is 15.6 Å². The van der Waals surface area contributed by atoms with Crippen LogP contribution in [0.5, 0.6) is 0 Å². The SMILES string of the molecule is CCc1ccccc1N(C(=O)Cn1nnc2ccccc21)C(C(=O)NCCOC)c1ccccc1. The van der Waals surface area contributed by atoms with Crippen LogP contribution in [-0.4, -0.2) is 47.1 Å². The van der Waals surface area contributed by atoms with Crippen LogP contribution in [0.4, 0.5) is 5.69 Å². The van der Waals surface area contributed by atoms with Gasteiger partial charge in [0.2, 0.25) is 11.8 Å². The molecule has 180 valence electrons. The van der Waals surface area contributed by atoms with Crippen molar-refractivity contribution in [2.24, 2.45) is 0 Å². The van der Waals surface area contributed by atoms with E-state index in [4.69, 9.17) is 4.74 Å². The summed E-state index contributed by atoms with van der Waals surface area (Å²) < 4.78 is 6.68. The number of rotatable bonds is 10. The van der Waals surface area contributed by atoms with Crippen LogP contribution in [0.1, 0.15) is 24.1 Å². The Morgan fingerprint density at radius 1 is 1.00 bits per heavy atom. The fraction of sp³-hybridized carbons (Fsp3) is 0.259. The lowest BCUT2D eigenvalue weighted by molar-refractivity contribution is -0.127. The number of hydrogen-bond acceptors (Lipinski definition) is 5. The number of aromatic nitrogens is 3. The third-order valence-electron chi connectivity index (χ3n) is 5.83. The number of benzene rings is 3. The highest BCUT2D eigenvalue weighted by molar-refractivity contribution is 6.02. The van der Waals surface area contributed by atoms with Gasteiger partial charge < -0.3 is 10.1 Å². The Balaban J connectivity index is 1.79. The van der Waals surface area contributed by atoms with Crippen molar-refractivity contribution in [2.75, 3.05) is 25.2 Å². The lowest BCUT2D eigenvalue weighted by Crippen LogP contribution is -2.46. The van der Waals surface area contributed by atoms with E-state index in [0.29, 0.717) is 36.3 Å². The third-order valence-corrected chi connectivity index (χ3v) is 5.83. The Morgan fingerprint density at radius 3 is 2.49 bits per heavy atom. The van der Waals surface area contributed by atoms with Gasteiger partial charge in [-0.15, -0.1) is 5.10 Å². The number of ether oxygens (including phenoxy) is 1. The maximum atomic E-state index is 14.0. The Bertz CT molecular complexity index is 1290. The second-order valence-corrected chi connectivity index (χ2v) is 8.08. The lowest BCUT2D eigenvalue weighted by atomic mass is 10.0. The van der Waals surface area contributed by atoms with Gasteiger partial charge in [0, 0.05) is 19.3 Å². The smallest absolute Gasteiger partial charge is 0.249 e. The molecule has 8 heteroatoms. The maximum absolute atomic E-state index is 14.0. The van der Waals surface area contributed by atoms with Gasteiger partial charge >= 0.3 is 0 Å². The number of carbonyl (C=O) groups is 2. The van der Waals surface area contributed by atoms with Crippen LogP contribution in [0.3, 0.4) is 0 Å². The zero-order valence-electron chi connectivity index (χ0n) is 19.9. The molecule has 1 aromatic heterocycles. The van der Waals surface area contributed by atoms with E-state index in [1.807, 2.05) is 85.8 Å². The quantitative estimate of drug-likeness (QED) is 0.358. The summed E-state index contributed by atoms with van der Waals surface area (Å²) in [4.78, 5) is 29.2. The monoisotopic (exact) mass is 471 g/mol. The molecule has 8 nitrogen and oxygen atoms in total. The van der Waals surface area contributed by atoms with Crippen molar-refractivity contribution in [3.8, 4) is 0 Å². The van der Waals surface area contributed by atoms with Gasteiger partial charge in [-0.3, -0.25) is 14.5 Å². The van der Waals surface area contributed by atoms with E-state index in [0.717, 1.165) is 11.1 Å². The Kier molecular flexibility index (Phi) is 7.84. The molecule has 0 saturated carbocycles. The van der Waals surface area contributed by atoms with Crippen LogP contribution >= 0.6 is 0 Å². The molecule has 3 aromatic carbocycles. The summed E-state index contributed by atoms with van der Waals surface area (Å²) >= 11 is 0. The highest BCUT2D eigenvalue weighted by Gasteiger charge is 2.34. The van der Waals surface area contributed by atoms with Gasteiger partial charge in [-0.2, -0.15) is 0 Å². The highest BCUT2D eigenvalue weighted by Crippen LogP contribution is 2.31. The Labute approximate surface area is 204 Å². The van der Waals surface area contributed by atoms with Crippen LogP contribution in [-0.2, 0) is 27.3 Å². The van der Waals surface area contributed by atoms with Gasteiger partial charge in [0.05, 0.1) is 12.1 Å². The number of carbonyl (C=O) groups excluding carboxylic acids is 2. The molecule has 4 aromatic rings. The second kappa shape index (κ2) is 11.4. The van der Waals surface area contributed by atoms with Crippen LogP contribution in [0.15, 0.2) is 78.9 Å². The summed E-state index contributed by atoms with van der Waals surface area (Å²) in [5, 5.41) is 11.3. The number of methoxy groups -OCH3 is 1. The lowest BCUT2D eigenvalue weighted by Gasteiger charge is -2.33. The van der Waals surface area contributed by atoms with Crippen LogP contribution in [0.2, 0.25) is 0 Å². The minimum atomic E-state index is -0.872. The Morgan fingerprint density at radius 2 is 1.71 bits per heavy atom. The minimum Gasteiger partial charge on any atom is -0.383 e. The van der Waals surface area contributed by atoms with Gasteiger partial charge in [-0.1, -0.05) is 72.8 Å². The van der Waals surface area contributed by atoms with Crippen molar-refractivity contribution >= 4 is 28.5 Å². The molecular weight excluding hydrogens is 442 g/mol. The molecule has 0 aliphatic rings. The average Bonchev–Trinajstić information content (AvgIpc) is 3.30. The van der Waals surface area contributed by atoms with Gasteiger partial charge in [-0.05, 0) is 35.7 Å². The van der Waals surface area contributed by atoms with Crippen molar-refractivity contribution in [2.45, 2.75) is 25.9 Å². The first-order chi connectivity index (χ1) is 17.1. The molecule has 0 spiro atoms. The van der Waals surface area contributed by atoms with E-state index < -0.39 is 6.04 Å². The molecule has 0 aliphatic carbocycles. The molecule has 0 bridgehead atoms. The number of aryl methyl sites for hydroxylation is 1. The van der Waals surface area contributed by atoms with E-state index in [1.54, 1.807) is 16.7 Å². The highest BCUT2D eigenvalue weighted by atomic mass is 16.5. The molecule has 0 fully saturated rings. The van der Waals surface area contributed by atoms with Crippen molar-refractivity contribution in [1.82, 2.24) is 20.3 Å². The molecule has 0 aliphatic heterocycles. The summed E-state index contributed by atoms with van der Waals surface area (Å²) in [7, 11) is 1.58. The molecule has 1 unspecified atom stereocenters. The zero-order chi connectivity index (χ0) is 24.6. The van der Waals surface area contributed by atoms with E-state index in [-0.39, 0.29) is 18.4 Å². The normalized spacial score (nSPS) is 11.8. The third kappa shape index (κ3) is 5.38. The first-order valence-electron chi connectivity index (χ1n) is 11.6. The molecule has 4 rings (SSSR count). The molecule has 1 heterocycles. The number of nitrogens with zero attached hydrogens (tertiary/aromatic N) is 4. The summed E-state index contributed by atoms with van der Waals surface area (Å²) in [6.07, 6.45) is 0.707. The number of fused-ring (bicyclic) bond motifs is 1. The fourth-order valence-electron chi connectivity index (χ4n) is 4.13. The number of anilines is 1. The topological polar surface area (TPSA) is 89.4 Å². The first kappa shape index (κ1) is 24.1. The summed E-state index contributed by atoms with van der Waals surface area (Å²) in [5.74, 6) is -0.548. The van der Waals surface area contributed by atoms with Gasteiger partial charge in [0.1, 0.15) is 18.1 Å². The largest absolute Gasteiger partial charge is 0.383 e. The predicted molar refractivity (Wildman–Crippen MR) is 135 cm³/mol. The fourth-order valence-corrected chi connectivity index (χ4v) is 4.13. The first-order valence-corrected chi connectivity index (χ1v) is 11.6. The molecule has 0 radical (unpaired) electrons. The van der Waals surface area contributed by atoms with E-state index >= 15 is 0 Å². The number of nitrogens with one attached hydrogen (secondary N) is 1. The van der Waals surface area contributed by atoms with Crippen molar-refractivity contribution in [3.63, 3.8) is 0 Å². The number of amides is 2. The van der Waals surface area contributed by atoms with E-state index in [1.165, 1.54) is 0 Å². The zero-order valence-corrected chi connectivity index (χ0v) is 19.9. The van der Waals surface area contributed by atoms with Crippen LogP contribution in [0.25, 0.3) is 11.0 Å². The van der Waals surface area contributed by atoms with Crippen molar-refractivity contribution < 1.29 is 14.3 Å². The van der Waals surface area contributed by atoms with E-state index in [9.17, 15) is 9.59 Å². The molecule has 1 N–H and O–H groups in total. The van der Waals surface area contributed by atoms with Crippen LogP contribution in [0, 0.1) is 0 Å². The summed E-state index contributed by atoms with van der Waals surface area (Å²) in [6.45, 7) is 2.68. The van der Waals surface area contributed by atoms with Gasteiger partial charge in [0.25, 0.3) is 0 Å².